The number of alkyl halides is 1. The van der Waals surface area contributed by atoms with Crippen LogP contribution in [0.15, 0.2) is 24.3 Å². The Morgan fingerprint density at radius 2 is 2.00 bits per heavy atom. The Hall–Kier alpha value is 0.0200. The Balaban J connectivity index is 2.73. The third kappa shape index (κ3) is 3.72. The van der Waals surface area contributed by atoms with Crippen molar-refractivity contribution < 1.29 is 0 Å². The standard InChI is InChI=1S/C10H9BrCl2/c11-6-2-1-3-8-4-5-9(12)10(13)7-8/h1,3-5,7H,2,6H2/b3-1+. The van der Waals surface area contributed by atoms with E-state index in [0.717, 1.165) is 17.3 Å². The molecule has 1 aromatic carbocycles. The van der Waals surface area contributed by atoms with Crippen LogP contribution in [-0.4, -0.2) is 5.33 Å². The van der Waals surface area contributed by atoms with E-state index in [-0.39, 0.29) is 0 Å². The number of allylic oxidation sites excluding steroid dienone is 1. The van der Waals surface area contributed by atoms with Gasteiger partial charge in [0, 0.05) is 5.33 Å². The molecule has 1 aromatic rings. The molecule has 1 rings (SSSR count). The SMILES string of the molecule is Clc1ccc(/C=C/CCBr)cc1Cl. The first kappa shape index (κ1) is 11.1. The fourth-order valence-corrected chi connectivity index (χ4v) is 1.47. The molecule has 0 bridgehead atoms. The van der Waals surface area contributed by atoms with Crippen LogP contribution in [-0.2, 0) is 0 Å². The number of halogens is 3. The highest BCUT2D eigenvalue weighted by Crippen LogP contribution is 2.23. The van der Waals surface area contributed by atoms with E-state index in [1.807, 2.05) is 18.2 Å². The summed E-state index contributed by atoms with van der Waals surface area (Å²) in [4.78, 5) is 0. The zero-order valence-electron chi connectivity index (χ0n) is 6.93. The van der Waals surface area contributed by atoms with Gasteiger partial charge in [-0.1, -0.05) is 57.4 Å². The minimum Gasteiger partial charge on any atom is -0.0925 e. The molecule has 0 nitrogen and oxygen atoms in total. The lowest BCUT2D eigenvalue weighted by Gasteiger charge is -1.96. The van der Waals surface area contributed by atoms with E-state index < -0.39 is 0 Å². The average Bonchev–Trinajstić information content (AvgIpc) is 2.12. The van der Waals surface area contributed by atoms with E-state index in [1.165, 1.54) is 0 Å². The van der Waals surface area contributed by atoms with Gasteiger partial charge in [0.1, 0.15) is 0 Å². The number of benzene rings is 1. The lowest BCUT2D eigenvalue weighted by atomic mass is 10.2. The van der Waals surface area contributed by atoms with Gasteiger partial charge in [-0.3, -0.25) is 0 Å². The molecule has 3 heteroatoms. The van der Waals surface area contributed by atoms with Crippen LogP contribution in [0.5, 0.6) is 0 Å². The minimum atomic E-state index is 0.597. The van der Waals surface area contributed by atoms with Crippen LogP contribution >= 0.6 is 39.1 Å². The van der Waals surface area contributed by atoms with Crippen molar-refractivity contribution in [1.82, 2.24) is 0 Å². The molecule has 0 amide bonds. The summed E-state index contributed by atoms with van der Waals surface area (Å²) < 4.78 is 0. The molecule has 13 heavy (non-hydrogen) atoms. The molecular formula is C10H9BrCl2. The largest absolute Gasteiger partial charge is 0.0925 e. The molecule has 0 N–H and O–H groups in total. The summed E-state index contributed by atoms with van der Waals surface area (Å²) in [6.07, 6.45) is 5.14. The van der Waals surface area contributed by atoms with Gasteiger partial charge in [0.25, 0.3) is 0 Å². The van der Waals surface area contributed by atoms with Crippen molar-refractivity contribution in [1.29, 1.82) is 0 Å². The van der Waals surface area contributed by atoms with Crippen molar-refractivity contribution >= 4 is 45.2 Å². The Morgan fingerprint density at radius 3 is 2.62 bits per heavy atom. The molecular weight excluding hydrogens is 271 g/mol. The van der Waals surface area contributed by atoms with Crippen molar-refractivity contribution in [3.63, 3.8) is 0 Å². The van der Waals surface area contributed by atoms with Gasteiger partial charge in [-0.15, -0.1) is 0 Å². The Labute approximate surface area is 96.7 Å². The predicted octanol–water partition coefficient (Wildman–Crippen LogP) is 4.79. The van der Waals surface area contributed by atoms with Crippen molar-refractivity contribution in [3.8, 4) is 0 Å². The normalized spacial score (nSPS) is 11.0. The van der Waals surface area contributed by atoms with Gasteiger partial charge in [0.2, 0.25) is 0 Å². The molecule has 0 saturated heterocycles. The second-order valence-electron chi connectivity index (χ2n) is 2.55. The zero-order chi connectivity index (χ0) is 9.68. The number of rotatable bonds is 3. The predicted molar refractivity (Wildman–Crippen MR) is 63.9 cm³/mol. The molecule has 0 aliphatic heterocycles. The molecule has 0 unspecified atom stereocenters. The first-order valence-corrected chi connectivity index (χ1v) is 5.79. The molecule has 0 fully saturated rings. The van der Waals surface area contributed by atoms with E-state index >= 15 is 0 Å². The van der Waals surface area contributed by atoms with Crippen LogP contribution < -0.4 is 0 Å². The molecule has 0 heterocycles. The molecule has 0 aliphatic carbocycles. The lowest BCUT2D eigenvalue weighted by Crippen LogP contribution is -1.74. The minimum absolute atomic E-state index is 0.597. The van der Waals surface area contributed by atoms with Crippen molar-refractivity contribution in [2.45, 2.75) is 6.42 Å². The van der Waals surface area contributed by atoms with Crippen molar-refractivity contribution in [3.05, 3.63) is 39.9 Å². The summed E-state index contributed by atoms with van der Waals surface area (Å²) in [6, 6.07) is 5.60. The van der Waals surface area contributed by atoms with Crippen molar-refractivity contribution in [2.24, 2.45) is 0 Å². The first-order chi connectivity index (χ1) is 6.24. The van der Waals surface area contributed by atoms with Crippen LogP contribution in [0.25, 0.3) is 6.08 Å². The van der Waals surface area contributed by atoms with E-state index in [0.29, 0.717) is 10.0 Å². The van der Waals surface area contributed by atoms with Gasteiger partial charge in [-0.05, 0) is 24.1 Å². The van der Waals surface area contributed by atoms with Crippen LogP contribution in [0, 0.1) is 0 Å². The van der Waals surface area contributed by atoms with Gasteiger partial charge >= 0.3 is 0 Å². The molecule has 0 saturated carbocycles. The second-order valence-corrected chi connectivity index (χ2v) is 4.16. The van der Waals surface area contributed by atoms with Crippen molar-refractivity contribution in [2.75, 3.05) is 5.33 Å². The maximum atomic E-state index is 5.85. The van der Waals surface area contributed by atoms with E-state index in [4.69, 9.17) is 23.2 Å². The lowest BCUT2D eigenvalue weighted by molar-refractivity contribution is 1.27. The van der Waals surface area contributed by atoms with Gasteiger partial charge in [-0.25, -0.2) is 0 Å². The fourth-order valence-electron chi connectivity index (χ4n) is 0.898. The third-order valence-corrected chi connectivity index (χ3v) is 2.73. The molecule has 0 spiro atoms. The number of hydrogen-bond acceptors (Lipinski definition) is 0. The quantitative estimate of drug-likeness (QED) is 0.698. The molecule has 0 atom stereocenters. The highest BCUT2D eigenvalue weighted by Gasteiger charge is 1.95. The molecule has 70 valence electrons. The Bertz CT molecular complexity index is 308. The smallest absolute Gasteiger partial charge is 0.0598 e. The highest BCUT2D eigenvalue weighted by atomic mass is 79.9. The summed E-state index contributed by atoms with van der Waals surface area (Å²) in [5.74, 6) is 0. The molecule has 0 aliphatic rings. The van der Waals surface area contributed by atoms with Crippen LogP contribution in [0.3, 0.4) is 0 Å². The third-order valence-electron chi connectivity index (χ3n) is 1.53. The maximum Gasteiger partial charge on any atom is 0.0598 e. The Morgan fingerprint density at radius 1 is 1.23 bits per heavy atom. The van der Waals surface area contributed by atoms with E-state index in [1.54, 1.807) is 6.07 Å². The summed E-state index contributed by atoms with van der Waals surface area (Å²) in [7, 11) is 0. The summed E-state index contributed by atoms with van der Waals surface area (Å²) in [5.41, 5.74) is 1.08. The zero-order valence-corrected chi connectivity index (χ0v) is 10.0. The topological polar surface area (TPSA) is 0 Å². The van der Waals surface area contributed by atoms with Crippen LogP contribution in [0.4, 0.5) is 0 Å². The fraction of sp³-hybridized carbons (Fsp3) is 0.200. The maximum absolute atomic E-state index is 5.85. The van der Waals surface area contributed by atoms with Crippen LogP contribution in [0.1, 0.15) is 12.0 Å². The van der Waals surface area contributed by atoms with Gasteiger partial charge in [0.15, 0.2) is 0 Å². The van der Waals surface area contributed by atoms with E-state index in [2.05, 4.69) is 22.0 Å². The van der Waals surface area contributed by atoms with Gasteiger partial charge in [-0.2, -0.15) is 0 Å². The molecule has 0 radical (unpaired) electrons. The first-order valence-electron chi connectivity index (χ1n) is 3.91. The highest BCUT2D eigenvalue weighted by molar-refractivity contribution is 9.09. The second kappa shape index (κ2) is 5.69. The monoisotopic (exact) mass is 278 g/mol. The van der Waals surface area contributed by atoms with Crippen LogP contribution in [0.2, 0.25) is 10.0 Å². The molecule has 0 aromatic heterocycles. The summed E-state index contributed by atoms with van der Waals surface area (Å²) in [5, 5.41) is 2.17. The average molecular weight is 280 g/mol. The van der Waals surface area contributed by atoms with Gasteiger partial charge in [0.05, 0.1) is 10.0 Å². The number of hydrogen-bond donors (Lipinski definition) is 0. The summed E-state index contributed by atoms with van der Waals surface area (Å²) in [6.45, 7) is 0. The Kier molecular flexibility index (Phi) is 4.86. The van der Waals surface area contributed by atoms with E-state index in [9.17, 15) is 0 Å². The van der Waals surface area contributed by atoms with Gasteiger partial charge < -0.3 is 0 Å². The summed E-state index contributed by atoms with van der Waals surface area (Å²) >= 11 is 15.0.